The highest BCUT2D eigenvalue weighted by atomic mass is 35.5. The third-order valence-electron chi connectivity index (χ3n) is 3.95. The number of hydrogen-bond acceptors (Lipinski definition) is 4. The summed E-state index contributed by atoms with van der Waals surface area (Å²) in [4.78, 5) is 4.04. The zero-order valence-corrected chi connectivity index (χ0v) is 12.4. The lowest BCUT2D eigenvalue weighted by Gasteiger charge is -2.28. The van der Waals surface area contributed by atoms with Crippen LogP contribution in [0.15, 0.2) is 29.1 Å². The summed E-state index contributed by atoms with van der Waals surface area (Å²) in [5.41, 5.74) is 2.89. The van der Waals surface area contributed by atoms with Crippen LogP contribution in [-0.2, 0) is 12.8 Å². The molecular formula is C15H18ClN3O. The van der Waals surface area contributed by atoms with Crippen molar-refractivity contribution in [3.8, 4) is 0 Å². The van der Waals surface area contributed by atoms with E-state index in [9.17, 15) is 0 Å². The molecule has 0 radical (unpaired) electrons. The molecule has 0 saturated carbocycles. The van der Waals surface area contributed by atoms with Gasteiger partial charge in [0.15, 0.2) is 5.82 Å². The minimum atomic E-state index is 0.185. The van der Waals surface area contributed by atoms with Gasteiger partial charge >= 0.3 is 0 Å². The topological polar surface area (TPSA) is 51.0 Å². The monoisotopic (exact) mass is 291 g/mol. The first kappa shape index (κ1) is 13.6. The van der Waals surface area contributed by atoms with Crippen molar-refractivity contribution in [2.45, 2.75) is 32.7 Å². The Labute approximate surface area is 123 Å². The summed E-state index contributed by atoms with van der Waals surface area (Å²) in [6.07, 6.45) is 3.20. The maximum Gasteiger partial charge on any atom is 0.213 e. The Morgan fingerprint density at radius 2 is 2.30 bits per heavy atom. The summed E-state index contributed by atoms with van der Waals surface area (Å²) in [6.45, 7) is 5.39. The van der Waals surface area contributed by atoms with Crippen molar-refractivity contribution < 1.29 is 4.52 Å². The van der Waals surface area contributed by atoms with Gasteiger partial charge in [-0.15, -0.1) is 0 Å². The summed E-state index contributed by atoms with van der Waals surface area (Å²) in [5, 5.41) is 8.24. The largest absolute Gasteiger partial charge is 0.343 e. The van der Waals surface area contributed by atoms with Gasteiger partial charge in [-0.25, -0.2) is 0 Å². The second-order valence-corrected chi connectivity index (χ2v) is 6.43. The van der Waals surface area contributed by atoms with Crippen molar-refractivity contribution in [1.82, 2.24) is 15.5 Å². The van der Waals surface area contributed by atoms with Crippen LogP contribution in [0.5, 0.6) is 0 Å². The van der Waals surface area contributed by atoms with Crippen molar-refractivity contribution in [1.29, 1.82) is 0 Å². The Kier molecular flexibility index (Phi) is 3.52. The molecular weight excluding hydrogens is 274 g/mol. The Morgan fingerprint density at radius 3 is 3.05 bits per heavy atom. The molecule has 1 heterocycles. The highest BCUT2D eigenvalue weighted by molar-refractivity contribution is 6.30. The van der Waals surface area contributed by atoms with E-state index in [4.69, 9.17) is 16.1 Å². The fraction of sp³-hybridized carbons (Fsp3) is 0.467. The molecule has 1 atom stereocenters. The minimum absolute atomic E-state index is 0.185. The summed E-state index contributed by atoms with van der Waals surface area (Å²) < 4.78 is 4.74. The SMILES string of the molecule is CC1(C)Cc2ccc(Cl)cc2C1NCCc1ncon1. The van der Waals surface area contributed by atoms with Crippen LogP contribution in [0.2, 0.25) is 5.02 Å². The average molecular weight is 292 g/mol. The van der Waals surface area contributed by atoms with E-state index in [2.05, 4.69) is 41.4 Å². The lowest BCUT2D eigenvalue weighted by molar-refractivity contribution is 0.270. The van der Waals surface area contributed by atoms with E-state index in [0.717, 1.165) is 30.2 Å². The highest BCUT2D eigenvalue weighted by Gasteiger charge is 2.38. The summed E-state index contributed by atoms with van der Waals surface area (Å²) in [5.74, 6) is 0.736. The van der Waals surface area contributed by atoms with E-state index in [0.29, 0.717) is 6.04 Å². The number of fused-ring (bicyclic) bond motifs is 1. The summed E-state index contributed by atoms with van der Waals surface area (Å²) in [6, 6.07) is 6.50. The molecule has 0 spiro atoms. The van der Waals surface area contributed by atoms with E-state index in [1.807, 2.05) is 6.07 Å². The van der Waals surface area contributed by atoms with Crippen LogP contribution in [-0.4, -0.2) is 16.7 Å². The van der Waals surface area contributed by atoms with Gasteiger partial charge in [0.25, 0.3) is 0 Å². The zero-order chi connectivity index (χ0) is 14.2. The molecule has 20 heavy (non-hydrogen) atoms. The zero-order valence-electron chi connectivity index (χ0n) is 11.7. The van der Waals surface area contributed by atoms with Crippen LogP contribution >= 0.6 is 11.6 Å². The molecule has 0 amide bonds. The molecule has 0 aliphatic heterocycles. The summed E-state index contributed by atoms with van der Waals surface area (Å²) in [7, 11) is 0. The van der Waals surface area contributed by atoms with Gasteiger partial charge < -0.3 is 9.84 Å². The summed E-state index contributed by atoms with van der Waals surface area (Å²) >= 11 is 6.14. The molecule has 0 fully saturated rings. The quantitative estimate of drug-likeness (QED) is 0.940. The van der Waals surface area contributed by atoms with Gasteiger partial charge in [-0.3, -0.25) is 0 Å². The molecule has 5 heteroatoms. The van der Waals surface area contributed by atoms with Crippen LogP contribution in [0, 0.1) is 5.41 Å². The number of aromatic nitrogens is 2. The van der Waals surface area contributed by atoms with Gasteiger partial charge in [-0.1, -0.05) is 36.7 Å². The Hall–Kier alpha value is -1.39. The van der Waals surface area contributed by atoms with Gasteiger partial charge in [0, 0.05) is 24.0 Å². The van der Waals surface area contributed by atoms with Gasteiger partial charge in [0.1, 0.15) is 0 Å². The van der Waals surface area contributed by atoms with Crippen LogP contribution in [0.4, 0.5) is 0 Å². The molecule has 0 saturated heterocycles. The van der Waals surface area contributed by atoms with Crippen molar-refractivity contribution in [3.63, 3.8) is 0 Å². The predicted molar refractivity (Wildman–Crippen MR) is 77.7 cm³/mol. The molecule has 106 valence electrons. The molecule has 4 nitrogen and oxygen atoms in total. The van der Waals surface area contributed by atoms with Crippen LogP contribution in [0.1, 0.15) is 36.8 Å². The Balaban J connectivity index is 1.73. The average Bonchev–Trinajstić information content (AvgIpc) is 2.97. The van der Waals surface area contributed by atoms with Gasteiger partial charge in [0.05, 0.1) is 0 Å². The first-order valence-electron chi connectivity index (χ1n) is 6.83. The lowest BCUT2D eigenvalue weighted by Crippen LogP contribution is -2.32. The standard InChI is InChI=1S/C15H18ClN3O/c1-15(2)8-10-3-4-11(16)7-12(10)14(15)17-6-5-13-18-9-20-19-13/h3-4,7,9,14,17H,5-6,8H2,1-2H3. The number of nitrogens with one attached hydrogen (secondary N) is 1. The molecule has 1 aromatic carbocycles. The number of hydrogen-bond donors (Lipinski definition) is 1. The molecule has 1 unspecified atom stereocenters. The molecule has 1 aliphatic carbocycles. The number of halogens is 1. The predicted octanol–water partition coefficient (Wildman–Crippen LogP) is 3.18. The molecule has 1 N–H and O–H groups in total. The molecule has 0 bridgehead atoms. The van der Waals surface area contributed by atoms with Crippen molar-refractivity contribution >= 4 is 11.6 Å². The minimum Gasteiger partial charge on any atom is -0.343 e. The van der Waals surface area contributed by atoms with E-state index < -0.39 is 0 Å². The van der Waals surface area contributed by atoms with Crippen molar-refractivity contribution in [3.05, 3.63) is 46.6 Å². The maximum atomic E-state index is 6.14. The van der Waals surface area contributed by atoms with Gasteiger partial charge in [-0.05, 0) is 35.1 Å². The molecule has 1 aliphatic rings. The van der Waals surface area contributed by atoms with Crippen LogP contribution in [0.25, 0.3) is 0 Å². The number of rotatable bonds is 4. The van der Waals surface area contributed by atoms with Gasteiger partial charge in [0.2, 0.25) is 6.39 Å². The molecule has 1 aromatic heterocycles. The van der Waals surface area contributed by atoms with Crippen molar-refractivity contribution in [2.24, 2.45) is 5.41 Å². The fourth-order valence-corrected chi connectivity index (χ4v) is 3.21. The highest BCUT2D eigenvalue weighted by Crippen LogP contribution is 2.45. The van der Waals surface area contributed by atoms with E-state index in [1.54, 1.807) is 0 Å². The third-order valence-corrected chi connectivity index (χ3v) is 4.19. The number of benzene rings is 1. The lowest BCUT2D eigenvalue weighted by atomic mass is 9.85. The van der Waals surface area contributed by atoms with E-state index >= 15 is 0 Å². The second-order valence-electron chi connectivity index (χ2n) is 5.99. The molecule has 2 aromatic rings. The smallest absolute Gasteiger partial charge is 0.213 e. The van der Waals surface area contributed by atoms with Crippen molar-refractivity contribution in [2.75, 3.05) is 6.54 Å². The van der Waals surface area contributed by atoms with E-state index in [1.165, 1.54) is 17.5 Å². The molecule has 3 rings (SSSR count). The maximum absolute atomic E-state index is 6.14. The normalized spacial score (nSPS) is 20.1. The first-order chi connectivity index (χ1) is 9.56. The van der Waals surface area contributed by atoms with Crippen LogP contribution in [0.3, 0.4) is 0 Å². The Morgan fingerprint density at radius 1 is 1.45 bits per heavy atom. The Bertz CT molecular complexity index is 595. The number of nitrogens with zero attached hydrogens (tertiary/aromatic N) is 2. The fourth-order valence-electron chi connectivity index (χ4n) is 3.03. The first-order valence-corrected chi connectivity index (χ1v) is 7.21. The third kappa shape index (κ3) is 2.58. The second kappa shape index (κ2) is 5.19. The van der Waals surface area contributed by atoms with Gasteiger partial charge in [-0.2, -0.15) is 4.98 Å². The van der Waals surface area contributed by atoms with Crippen LogP contribution < -0.4 is 5.32 Å². The van der Waals surface area contributed by atoms with E-state index in [-0.39, 0.29) is 5.41 Å².